The summed E-state index contributed by atoms with van der Waals surface area (Å²) in [7, 11) is 0. The second kappa shape index (κ2) is 7.48. The average Bonchev–Trinajstić information content (AvgIpc) is 2.50. The summed E-state index contributed by atoms with van der Waals surface area (Å²) in [4.78, 5) is 12.1. The summed E-state index contributed by atoms with van der Waals surface area (Å²) in [5.41, 5.74) is 3.13. The minimum absolute atomic E-state index is 0.226. The average molecular weight is 302 g/mol. The molecule has 0 unspecified atom stereocenters. The van der Waals surface area contributed by atoms with Crippen LogP contribution >= 0.6 is 0 Å². The van der Waals surface area contributed by atoms with Crippen molar-refractivity contribution in [1.29, 1.82) is 0 Å². The Bertz CT molecular complexity index is 698. The molecule has 0 atom stereocenters. The molecule has 0 aliphatic heterocycles. The molecule has 2 rings (SSSR count). The topological polar surface area (TPSA) is 39.4 Å². The number of aryl methyl sites for hydroxylation is 2. The molecule has 0 fully saturated rings. The van der Waals surface area contributed by atoms with Gasteiger partial charge in [0.25, 0.3) is 0 Å². The van der Waals surface area contributed by atoms with E-state index in [0.29, 0.717) is 18.6 Å². The van der Waals surface area contributed by atoms with Gasteiger partial charge in [-0.05, 0) is 44.4 Å². The van der Waals surface area contributed by atoms with Crippen LogP contribution in [0.1, 0.15) is 56.2 Å². The van der Waals surface area contributed by atoms with Crippen molar-refractivity contribution in [2.45, 2.75) is 59.8 Å². The molecule has 0 spiro atoms. The molecular formula is C19H26O3. The summed E-state index contributed by atoms with van der Waals surface area (Å²) in [6.45, 7) is 8.83. The summed E-state index contributed by atoms with van der Waals surface area (Å²) in [6.07, 6.45) is 5.41. The molecule has 0 radical (unpaired) electrons. The van der Waals surface area contributed by atoms with E-state index in [1.54, 1.807) is 0 Å². The number of fused-ring (bicyclic) bond motifs is 1. The third-order valence-electron chi connectivity index (χ3n) is 4.26. The lowest BCUT2D eigenvalue weighted by molar-refractivity contribution is 0.303. The number of ether oxygens (including phenoxy) is 1. The first kappa shape index (κ1) is 16.6. The highest BCUT2D eigenvalue weighted by Crippen LogP contribution is 2.29. The predicted octanol–water partition coefficient (Wildman–Crippen LogP) is 4.93. The second-order valence-electron chi connectivity index (χ2n) is 5.82. The molecule has 0 aliphatic carbocycles. The Hall–Kier alpha value is -1.77. The first-order valence-electron chi connectivity index (χ1n) is 8.28. The fourth-order valence-electron chi connectivity index (χ4n) is 2.85. The zero-order chi connectivity index (χ0) is 16.1. The van der Waals surface area contributed by atoms with E-state index in [1.807, 2.05) is 32.9 Å². The summed E-state index contributed by atoms with van der Waals surface area (Å²) >= 11 is 0. The molecule has 1 aromatic heterocycles. The lowest BCUT2D eigenvalue weighted by Crippen LogP contribution is -2.10. The van der Waals surface area contributed by atoms with E-state index in [1.165, 1.54) is 19.3 Å². The standard InChI is InChI=1S/C19H26O3/c1-5-7-8-9-12-21-17-11-10-16-13(3)15(6-2)19(20)22-18(16)14(17)4/h10-11H,5-9,12H2,1-4H3. The van der Waals surface area contributed by atoms with Crippen LogP contribution in [0.2, 0.25) is 0 Å². The van der Waals surface area contributed by atoms with Gasteiger partial charge >= 0.3 is 5.63 Å². The Morgan fingerprint density at radius 2 is 1.82 bits per heavy atom. The Kier molecular flexibility index (Phi) is 5.64. The zero-order valence-electron chi connectivity index (χ0n) is 14.1. The smallest absolute Gasteiger partial charge is 0.339 e. The number of hydrogen-bond acceptors (Lipinski definition) is 3. The lowest BCUT2D eigenvalue weighted by atomic mass is 10.0. The Morgan fingerprint density at radius 3 is 2.50 bits per heavy atom. The maximum atomic E-state index is 12.1. The summed E-state index contributed by atoms with van der Waals surface area (Å²) in [5, 5.41) is 1.01. The minimum atomic E-state index is -0.226. The highest BCUT2D eigenvalue weighted by atomic mass is 16.5. The molecule has 1 aromatic carbocycles. The number of hydrogen-bond donors (Lipinski definition) is 0. The van der Waals surface area contributed by atoms with Crippen LogP contribution in [0.5, 0.6) is 5.75 Å². The number of unbranched alkanes of at least 4 members (excludes halogenated alkanes) is 3. The van der Waals surface area contributed by atoms with Gasteiger partial charge < -0.3 is 9.15 Å². The van der Waals surface area contributed by atoms with Gasteiger partial charge in [-0.15, -0.1) is 0 Å². The van der Waals surface area contributed by atoms with Gasteiger partial charge in [0.2, 0.25) is 0 Å². The van der Waals surface area contributed by atoms with Crippen molar-refractivity contribution < 1.29 is 9.15 Å². The summed E-state index contributed by atoms with van der Waals surface area (Å²) in [6, 6.07) is 3.99. The molecule has 0 saturated carbocycles. The maximum absolute atomic E-state index is 12.1. The van der Waals surface area contributed by atoms with E-state index < -0.39 is 0 Å². The van der Waals surface area contributed by atoms with Gasteiger partial charge in [-0.1, -0.05) is 33.1 Å². The van der Waals surface area contributed by atoms with Gasteiger partial charge in [-0.2, -0.15) is 0 Å². The number of rotatable bonds is 7. The molecule has 2 aromatic rings. The molecule has 120 valence electrons. The Labute approximate surface area is 132 Å². The van der Waals surface area contributed by atoms with Crippen LogP contribution < -0.4 is 10.4 Å². The fourth-order valence-corrected chi connectivity index (χ4v) is 2.85. The molecular weight excluding hydrogens is 276 g/mol. The van der Waals surface area contributed by atoms with E-state index in [9.17, 15) is 4.79 Å². The Balaban J connectivity index is 2.28. The van der Waals surface area contributed by atoms with E-state index in [0.717, 1.165) is 34.2 Å². The van der Waals surface area contributed by atoms with Gasteiger partial charge in [0.15, 0.2) is 0 Å². The first-order valence-corrected chi connectivity index (χ1v) is 8.28. The van der Waals surface area contributed by atoms with Crippen LogP contribution in [0.4, 0.5) is 0 Å². The molecule has 3 heteroatoms. The van der Waals surface area contributed by atoms with E-state index in [2.05, 4.69) is 6.92 Å². The minimum Gasteiger partial charge on any atom is -0.493 e. The highest BCUT2D eigenvalue weighted by Gasteiger charge is 2.13. The molecule has 3 nitrogen and oxygen atoms in total. The molecule has 0 bridgehead atoms. The summed E-state index contributed by atoms with van der Waals surface area (Å²) in [5.74, 6) is 0.816. The number of benzene rings is 1. The highest BCUT2D eigenvalue weighted by molar-refractivity contribution is 5.85. The van der Waals surface area contributed by atoms with Crippen LogP contribution in [0.3, 0.4) is 0 Å². The predicted molar refractivity (Wildman–Crippen MR) is 91.0 cm³/mol. The SMILES string of the molecule is CCCCCCOc1ccc2c(C)c(CC)c(=O)oc2c1C. The molecule has 0 saturated heterocycles. The molecule has 1 heterocycles. The van der Waals surface area contributed by atoms with Gasteiger partial charge in [-0.3, -0.25) is 0 Å². The maximum Gasteiger partial charge on any atom is 0.339 e. The van der Waals surface area contributed by atoms with Crippen molar-refractivity contribution in [3.63, 3.8) is 0 Å². The van der Waals surface area contributed by atoms with Gasteiger partial charge in [-0.25, -0.2) is 4.79 Å². The van der Waals surface area contributed by atoms with E-state index in [-0.39, 0.29) is 5.63 Å². The Morgan fingerprint density at radius 1 is 1.05 bits per heavy atom. The van der Waals surface area contributed by atoms with Gasteiger partial charge in [0.1, 0.15) is 11.3 Å². The normalized spacial score (nSPS) is 11.1. The molecule has 0 aliphatic rings. The largest absolute Gasteiger partial charge is 0.493 e. The van der Waals surface area contributed by atoms with E-state index >= 15 is 0 Å². The molecule has 0 amide bonds. The van der Waals surface area contributed by atoms with Gasteiger partial charge in [0.05, 0.1) is 6.61 Å². The fraction of sp³-hybridized carbons (Fsp3) is 0.526. The van der Waals surface area contributed by atoms with Crippen molar-refractivity contribution in [1.82, 2.24) is 0 Å². The van der Waals surface area contributed by atoms with Crippen LogP contribution in [0.15, 0.2) is 21.3 Å². The first-order chi connectivity index (χ1) is 10.6. The quantitative estimate of drug-likeness (QED) is 0.537. The van der Waals surface area contributed by atoms with Crippen molar-refractivity contribution in [3.05, 3.63) is 39.2 Å². The van der Waals surface area contributed by atoms with Crippen molar-refractivity contribution in [2.75, 3.05) is 6.61 Å². The van der Waals surface area contributed by atoms with Crippen molar-refractivity contribution in [3.8, 4) is 5.75 Å². The third-order valence-corrected chi connectivity index (χ3v) is 4.26. The zero-order valence-corrected chi connectivity index (χ0v) is 14.1. The monoisotopic (exact) mass is 302 g/mol. The van der Waals surface area contributed by atoms with Crippen molar-refractivity contribution >= 4 is 11.0 Å². The molecule has 22 heavy (non-hydrogen) atoms. The lowest BCUT2D eigenvalue weighted by Gasteiger charge is -2.12. The molecule has 0 N–H and O–H groups in total. The van der Waals surface area contributed by atoms with Crippen LogP contribution in [-0.2, 0) is 6.42 Å². The second-order valence-corrected chi connectivity index (χ2v) is 5.82. The summed E-state index contributed by atoms with van der Waals surface area (Å²) < 4.78 is 11.4. The van der Waals surface area contributed by atoms with Crippen LogP contribution in [0.25, 0.3) is 11.0 Å². The van der Waals surface area contributed by atoms with Crippen LogP contribution in [0, 0.1) is 13.8 Å². The van der Waals surface area contributed by atoms with Gasteiger partial charge in [0, 0.05) is 16.5 Å². The van der Waals surface area contributed by atoms with Crippen molar-refractivity contribution in [2.24, 2.45) is 0 Å². The van der Waals surface area contributed by atoms with Crippen LogP contribution in [-0.4, -0.2) is 6.61 Å². The third kappa shape index (κ3) is 3.34. The van der Waals surface area contributed by atoms with E-state index in [4.69, 9.17) is 9.15 Å².